The van der Waals surface area contributed by atoms with Gasteiger partial charge in [-0.2, -0.15) is 0 Å². The molecule has 1 atom stereocenters. The van der Waals surface area contributed by atoms with Crippen molar-refractivity contribution in [2.75, 3.05) is 27.3 Å². The molecule has 4 nitrogen and oxygen atoms in total. The minimum absolute atomic E-state index is 0.241. The van der Waals surface area contributed by atoms with Crippen LogP contribution in [0.3, 0.4) is 0 Å². The summed E-state index contributed by atoms with van der Waals surface area (Å²) >= 11 is 5.51. The Labute approximate surface area is 132 Å². The van der Waals surface area contributed by atoms with Crippen LogP contribution in [0.15, 0.2) is 12.1 Å². The fourth-order valence-corrected chi connectivity index (χ4v) is 3.11. The van der Waals surface area contributed by atoms with E-state index in [2.05, 4.69) is 36.2 Å². The lowest BCUT2D eigenvalue weighted by molar-refractivity contribution is 0.308. The maximum Gasteiger partial charge on any atom is 0.169 e. The van der Waals surface area contributed by atoms with Gasteiger partial charge >= 0.3 is 0 Å². The van der Waals surface area contributed by atoms with Gasteiger partial charge in [-0.25, -0.2) is 0 Å². The van der Waals surface area contributed by atoms with Gasteiger partial charge in [0.15, 0.2) is 16.6 Å². The molecule has 5 heteroatoms. The highest BCUT2D eigenvalue weighted by atomic mass is 32.1. The third-order valence-corrected chi connectivity index (χ3v) is 4.35. The first-order valence-electron chi connectivity index (χ1n) is 7.41. The van der Waals surface area contributed by atoms with Crippen LogP contribution in [-0.2, 0) is 6.42 Å². The van der Waals surface area contributed by atoms with E-state index in [1.807, 2.05) is 0 Å². The van der Waals surface area contributed by atoms with E-state index in [4.69, 9.17) is 21.7 Å². The number of thiocarbonyl (C=S) groups is 1. The molecule has 1 aromatic carbocycles. The van der Waals surface area contributed by atoms with Crippen molar-refractivity contribution < 1.29 is 9.47 Å². The number of hydrogen-bond acceptors (Lipinski definition) is 3. The Morgan fingerprint density at radius 3 is 2.62 bits per heavy atom. The van der Waals surface area contributed by atoms with E-state index in [0.717, 1.165) is 42.5 Å². The van der Waals surface area contributed by atoms with Crippen molar-refractivity contribution in [3.05, 3.63) is 23.3 Å². The normalized spacial score (nSPS) is 17.1. The van der Waals surface area contributed by atoms with E-state index in [0.29, 0.717) is 0 Å². The highest BCUT2D eigenvalue weighted by Crippen LogP contribution is 2.37. The number of methoxy groups -OCH3 is 2. The summed E-state index contributed by atoms with van der Waals surface area (Å²) in [4.78, 5) is 2.25. The molecular formula is C16H24N2O2S. The van der Waals surface area contributed by atoms with Crippen molar-refractivity contribution in [2.24, 2.45) is 0 Å². The number of rotatable bonds is 4. The molecule has 0 saturated carbocycles. The molecule has 21 heavy (non-hydrogen) atoms. The maximum atomic E-state index is 5.51. The van der Waals surface area contributed by atoms with Crippen molar-refractivity contribution in [2.45, 2.75) is 32.7 Å². The van der Waals surface area contributed by atoms with E-state index in [1.54, 1.807) is 14.2 Å². The van der Waals surface area contributed by atoms with Crippen LogP contribution in [0, 0.1) is 0 Å². The Morgan fingerprint density at radius 1 is 1.33 bits per heavy atom. The summed E-state index contributed by atoms with van der Waals surface area (Å²) in [7, 11) is 3.34. The smallest absolute Gasteiger partial charge is 0.169 e. The van der Waals surface area contributed by atoms with Gasteiger partial charge in [0.1, 0.15) is 0 Å². The molecule has 0 fully saturated rings. The molecule has 0 bridgehead atoms. The Bertz CT molecular complexity index is 519. The van der Waals surface area contributed by atoms with Gasteiger partial charge in [0.05, 0.1) is 20.3 Å². The molecule has 1 aliphatic rings. The van der Waals surface area contributed by atoms with Crippen LogP contribution >= 0.6 is 12.2 Å². The summed E-state index contributed by atoms with van der Waals surface area (Å²) in [6, 6.07) is 4.41. The first kappa shape index (κ1) is 15.9. The van der Waals surface area contributed by atoms with Gasteiger partial charge in [-0.15, -0.1) is 0 Å². The van der Waals surface area contributed by atoms with E-state index >= 15 is 0 Å². The minimum Gasteiger partial charge on any atom is -0.493 e. The molecule has 116 valence electrons. The fraction of sp³-hybridized carbons (Fsp3) is 0.562. The number of hydrogen-bond donors (Lipinski definition) is 1. The summed E-state index contributed by atoms with van der Waals surface area (Å²) in [6.45, 7) is 6.17. The molecule has 0 aliphatic carbocycles. The Kier molecular flexibility index (Phi) is 5.28. The highest BCUT2D eigenvalue weighted by Gasteiger charge is 2.27. The monoisotopic (exact) mass is 308 g/mol. The zero-order valence-corrected chi connectivity index (χ0v) is 14.0. The summed E-state index contributed by atoms with van der Waals surface area (Å²) in [5.41, 5.74) is 2.58. The van der Waals surface area contributed by atoms with Crippen LogP contribution in [0.4, 0.5) is 0 Å². The molecule has 0 unspecified atom stereocenters. The minimum atomic E-state index is 0.241. The zero-order chi connectivity index (χ0) is 15.4. The second-order valence-corrected chi connectivity index (χ2v) is 5.64. The molecular weight excluding hydrogens is 284 g/mol. The Balaban J connectivity index is 2.26. The lowest BCUT2D eigenvalue weighted by Gasteiger charge is -2.37. The van der Waals surface area contributed by atoms with Gasteiger partial charge in [0, 0.05) is 13.1 Å². The van der Waals surface area contributed by atoms with E-state index in [-0.39, 0.29) is 6.04 Å². The second kappa shape index (κ2) is 6.98. The predicted molar refractivity (Wildman–Crippen MR) is 89.3 cm³/mol. The molecule has 0 saturated heterocycles. The first-order valence-corrected chi connectivity index (χ1v) is 7.82. The Hall–Kier alpha value is -1.49. The van der Waals surface area contributed by atoms with Crippen LogP contribution < -0.4 is 14.8 Å². The van der Waals surface area contributed by atoms with Crippen molar-refractivity contribution in [3.63, 3.8) is 0 Å². The molecule has 0 radical (unpaired) electrons. The standard InChI is InChI=1S/C16H24N2O2S/c1-5-7-17-16(21)18-8-6-12-9-14(19-3)15(20-4)10-13(12)11(18)2/h9-11H,5-8H2,1-4H3,(H,17,21)/t11-/m0/s1. The summed E-state index contributed by atoms with van der Waals surface area (Å²) in [5, 5.41) is 4.15. The van der Waals surface area contributed by atoms with Gasteiger partial charge in [-0.05, 0) is 55.2 Å². The predicted octanol–water partition coefficient (Wildman–Crippen LogP) is 2.91. The zero-order valence-electron chi connectivity index (χ0n) is 13.2. The first-order chi connectivity index (χ1) is 10.1. The number of nitrogens with one attached hydrogen (secondary N) is 1. The molecule has 1 N–H and O–H groups in total. The van der Waals surface area contributed by atoms with E-state index < -0.39 is 0 Å². The molecule has 1 heterocycles. The van der Waals surface area contributed by atoms with Crippen molar-refractivity contribution in [1.82, 2.24) is 10.2 Å². The topological polar surface area (TPSA) is 33.7 Å². The van der Waals surface area contributed by atoms with Gasteiger partial charge < -0.3 is 19.7 Å². The third-order valence-electron chi connectivity index (χ3n) is 3.97. The Morgan fingerprint density at radius 2 is 2.00 bits per heavy atom. The number of fused-ring (bicyclic) bond motifs is 1. The van der Waals surface area contributed by atoms with Gasteiger partial charge in [0.25, 0.3) is 0 Å². The van der Waals surface area contributed by atoms with Crippen LogP contribution in [0.1, 0.15) is 37.4 Å². The summed E-state index contributed by atoms with van der Waals surface area (Å²) in [5.74, 6) is 1.57. The van der Waals surface area contributed by atoms with Crippen molar-refractivity contribution >= 4 is 17.3 Å². The molecule has 0 aromatic heterocycles. The molecule has 1 aliphatic heterocycles. The lowest BCUT2D eigenvalue weighted by Crippen LogP contribution is -2.44. The van der Waals surface area contributed by atoms with Gasteiger partial charge in [-0.3, -0.25) is 0 Å². The molecule has 2 rings (SSSR count). The lowest BCUT2D eigenvalue weighted by atomic mass is 9.93. The highest BCUT2D eigenvalue weighted by molar-refractivity contribution is 7.80. The summed E-state index contributed by atoms with van der Waals surface area (Å²) in [6.07, 6.45) is 2.04. The average molecular weight is 308 g/mol. The fourth-order valence-electron chi connectivity index (χ4n) is 2.76. The van der Waals surface area contributed by atoms with Crippen LogP contribution in [0.25, 0.3) is 0 Å². The maximum absolute atomic E-state index is 5.51. The van der Waals surface area contributed by atoms with E-state index in [9.17, 15) is 0 Å². The molecule has 0 amide bonds. The number of nitrogens with zero attached hydrogens (tertiary/aromatic N) is 1. The summed E-state index contributed by atoms with van der Waals surface area (Å²) < 4.78 is 10.8. The largest absolute Gasteiger partial charge is 0.493 e. The quantitative estimate of drug-likeness (QED) is 0.865. The average Bonchev–Trinajstić information content (AvgIpc) is 2.51. The van der Waals surface area contributed by atoms with E-state index in [1.165, 1.54) is 11.1 Å². The van der Waals surface area contributed by atoms with Crippen LogP contribution in [0.2, 0.25) is 0 Å². The molecule has 1 aromatic rings. The van der Waals surface area contributed by atoms with Gasteiger partial charge in [0.2, 0.25) is 0 Å². The van der Waals surface area contributed by atoms with Gasteiger partial charge in [-0.1, -0.05) is 6.92 Å². The van der Waals surface area contributed by atoms with Crippen molar-refractivity contribution in [3.8, 4) is 11.5 Å². The van der Waals surface area contributed by atoms with Crippen LogP contribution in [0.5, 0.6) is 11.5 Å². The van der Waals surface area contributed by atoms with Crippen molar-refractivity contribution in [1.29, 1.82) is 0 Å². The third kappa shape index (κ3) is 3.23. The number of benzene rings is 1. The second-order valence-electron chi connectivity index (χ2n) is 5.26. The molecule has 0 spiro atoms. The number of ether oxygens (including phenoxy) is 2. The SMILES string of the molecule is CCCNC(=S)N1CCc2cc(OC)c(OC)cc2[C@@H]1C. The van der Waals surface area contributed by atoms with Crippen LogP contribution in [-0.4, -0.2) is 37.3 Å².